The number of rotatable bonds is 6. The zero-order valence-corrected chi connectivity index (χ0v) is 14.4. The van der Waals surface area contributed by atoms with Gasteiger partial charge in [-0.25, -0.2) is 0 Å². The quantitative estimate of drug-likeness (QED) is 0.726. The van der Waals surface area contributed by atoms with Gasteiger partial charge in [0.15, 0.2) is 0 Å². The molecule has 10 heteroatoms. The average Bonchev–Trinajstić information content (AvgIpc) is 2.82. The number of carbonyl (C=O) groups excluding carboxylic acids is 2. The van der Waals surface area contributed by atoms with Crippen molar-refractivity contribution in [2.75, 3.05) is 13.2 Å². The first-order valence-electron chi connectivity index (χ1n) is 7.11. The highest BCUT2D eigenvalue weighted by Gasteiger charge is 2.44. The Morgan fingerprint density at radius 2 is 2.17 bits per heavy atom. The lowest BCUT2D eigenvalue weighted by molar-refractivity contribution is -0.164. The van der Waals surface area contributed by atoms with E-state index in [9.17, 15) is 22.8 Å². The van der Waals surface area contributed by atoms with E-state index in [2.05, 4.69) is 0 Å². The van der Waals surface area contributed by atoms with E-state index >= 15 is 0 Å². The number of thioether (sulfide) groups is 1. The fourth-order valence-electron chi connectivity index (χ4n) is 2.20. The first-order valence-corrected chi connectivity index (χ1v) is 8.40. The number of hydrogen-bond acceptors (Lipinski definition) is 5. The van der Waals surface area contributed by atoms with Crippen molar-refractivity contribution in [1.82, 2.24) is 10.2 Å². The Kier molecular flexibility index (Phi) is 7.59. The highest BCUT2D eigenvalue weighted by atomic mass is 32.2. The molecule has 2 atom stereocenters. The van der Waals surface area contributed by atoms with Gasteiger partial charge in [0.2, 0.25) is 16.2 Å². The topological polar surface area (TPSA) is 58.6 Å². The number of alkyl halides is 3. The summed E-state index contributed by atoms with van der Waals surface area (Å²) in [5.74, 6) is -0.998. The second-order valence-electron chi connectivity index (χ2n) is 4.98. The van der Waals surface area contributed by atoms with Crippen LogP contribution in [0.2, 0.25) is 0 Å². The summed E-state index contributed by atoms with van der Waals surface area (Å²) in [6.07, 6.45) is -4.20. The van der Waals surface area contributed by atoms with Gasteiger partial charge in [-0.3, -0.25) is 9.59 Å². The number of nitrogens with one attached hydrogen (secondary N) is 1. The lowest BCUT2D eigenvalue weighted by Gasteiger charge is -2.31. The van der Waals surface area contributed by atoms with Crippen LogP contribution in [0.15, 0.2) is 0 Å². The predicted molar refractivity (Wildman–Crippen MR) is 84.8 cm³/mol. The van der Waals surface area contributed by atoms with E-state index < -0.39 is 29.9 Å². The van der Waals surface area contributed by atoms with Gasteiger partial charge >= 0.3 is 6.18 Å². The predicted octanol–water partition coefficient (Wildman–Crippen LogP) is 2.45. The number of ether oxygens (including phenoxy) is 1. The Bertz CT molecular complexity index is 460. The molecule has 1 N–H and O–H groups in total. The number of halogens is 3. The van der Waals surface area contributed by atoms with Crippen LogP contribution in [-0.2, 0) is 14.3 Å². The summed E-state index contributed by atoms with van der Waals surface area (Å²) >= 11 is 5.88. The molecule has 0 radical (unpaired) electrons. The van der Waals surface area contributed by atoms with Crippen molar-refractivity contribution in [2.45, 2.75) is 50.7 Å². The van der Waals surface area contributed by atoms with Gasteiger partial charge in [-0.15, -0.1) is 0 Å². The maximum Gasteiger partial charge on any atom is 0.408 e. The third-order valence-electron chi connectivity index (χ3n) is 3.16. The molecule has 1 aliphatic heterocycles. The fraction of sp³-hybridized carbons (Fsp3) is 0.769. The van der Waals surface area contributed by atoms with E-state index in [1.165, 1.54) is 4.90 Å². The van der Waals surface area contributed by atoms with Gasteiger partial charge in [-0.05, 0) is 25.6 Å². The number of carbonyl (C=O) groups is 2. The Balaban J connectivity index is 2.90. The molecule has 1 fully saturated rings. The molecule has 132 valence electrons. The number of likely N-dealkylation sites (tertiary alicyclic amines) is 1. The molecule has 0 aliphatic carbocycles. The van der Waals surface area contributed by atoms with Crippen LogP contribution in [0.1, 0.15) is 33.1 Å². The molecule has 0 bridgehead atoms. The fourth-order valence-corrected chi connectivity index (χ4v) is 3.69. The molecule has 0 aromatic heterocycles. The summed E-state index contributed by atoms with van der Waals surface area (Å²) in [6, 6.07) is -2.05. The van der Waals surface area contributed by atoms with E-state index in [4.69, 9.17) is 17.0 Å². The number of hydrogen-bond donors (Lipinski definition) is 1. The van der Waals surface area contributed by atoms with Gasteiger partial charge in [0.05, 0.1) is 12.0 Å². The summed E-state index contributed by atoms with van der Waals surface area (Å²) in [4.78, 5) is 24.3. The minimum atomic E-state index is -4.61. The Labute approximate surface area is 142 Å². The molecule has 0 aromatic rings. The number of nitrogens with zero attached hydrogens (tertiary/aromatic N) is 1. The summed E-state index contributed by atoms with van der Waals surface area (Å²) in [5.41, 5.74) is 0. The van der Waals surface area contributed by atoms with E-state index in [-0.39, 0.29) is 10.3 Å². The molecule has 2 amide bonds. The second-order valence-corrected chi connectivity index (χ2v) is 6.76. The summed E-state index contributed by atoms with van der Waals surface area (Å²) in [7, 11) is 0. The van der Waals surface area contributed by atoms with Crippen molar-refractivity contribution < 1.29 is 27.5 Å². The Hall–Kier alpha value is -1.03. The highest BCUT2D eigenvalue weighted by molar-refractivity contribution is 8.23. The lowest BCUT2D eigenvalue weighted by atomic mass is 10.2. The van der Waals surface area contributed by atoms with Gasteiger partial charge in [0.25, 0.3) is 0 Å². The van der Waals surface area contributed by atoms with Crippen molar-refractivity contribution in [3.8, 4) is 0 Å². The molecule has 1 heterocycles. The van der Waals surface area contributed by atoms with Crippen LogP contribution in [0, 0.1) is 0 Å². The van der Waals surface area contributed by atoms with E-state index in [1.54, 1.807) is 6.92 Å². The van der Waals surface area contributed by atoms with Gasteiger partial charge in [0, 0.05) is 26.3 Å². The summed E-state index contributed by atoms with van der Waals surface area (Å²) in [6.45, 7) is 3.39. The van der Waals surface area contributed by atoms with Crippen LogP contribution in [0.25, 0.3) is 0 Å². The molecule has 0 aromatic carbocycles. The van der Waals surface area contributed by atoms with Crippen LogP contribution >= 0.6 is 24.0 Å². The van der Waals surface area contributed by atoms with Crippen molar-refractivity contribution in [3.63, 3.8) is 0 Å². The molecule has 1 saturated heterocycles. The monoisotopic (exact) mass is 372 g/mol. The molecule has 0 saturated carbocycles. The standard InChI is InChI=1S/C13H19F3N2O3S2/c1-3-21-12(22)23-11(18-6-4-5-10(18)20)7-9(13(14,15)16)17-8(2)19/h9,11H,3-7H2,1-2H3,(H,17,19). The smallest absolute Gasteiger partial charge is 0.408 e. The first kappa shape index (κ1) is 20.0. The molecular weight excluding hydrogens is 353 g/mol. The minimum absolute atomic E-state index is 0.0842. The van der Waals surface area contributed by atoms with E-state index in [1.807, 2.05) is 5.32 Å². The average molecular weight is 372 g/mol. The van der Waals surface area contributed by atoms with Crippen LogP contribution in [0.5, 0.6) is 0 Å². The molecule has 23 heavy (non-hydrogen) atoms. The van der Waals surface area contributed by atoms with E-state index in [0.29, 0.717) is 26.0 Å². The zero-order valence-electron chi connectivity index (χ0n) is 12.8. The maximum atomic E-state index is 13.1. The maximum absolute atomic E-state index is 13.1. The zero-order chi connectivity index (χ0) is 17.6. The highest BCUT2D eigenvalue weighted by Crippen LogP contribution is 2.32. The molecule has 1 aliphatic rings. The molecule has 5 nitrogen and oxygen atoms in total. The normalized spacial score (nSPS) is 17.8. The van der Waals surface area contributed by atoms with Crippen LogP contribution in [0.3, 0.4) is 0 Å². The van der Waals surface area contributed by atoms with Gasteiger partial charge in [0.1, 0.15) is 6.04 Å². The van der Waals surface area contributed by atoms with Crippen LogP contribution in [0.4, 0.5) is 13.2 Å². The molecular formula is C13H19F3N2O3S2. The molecule has 2 unspecified atom stereocenters. The third kappa shape index (κ3) is 6.54. The molecule has 1 rings (SSSR count). The Morgan fingerprint density at radius 3 is 2.61 bits per heavy atom. The summed E-state index contributed by atoms with van der Waals surface area (Å²) in [5, 5.41) is 1.06. The number of amides is 2. The van der Waals surface area contributed by atoms with Crippen LogP contribution < -0.4 is 5.32 Å². The van der Waals surface area contributed by atoms with E-state index in [0.717, 1.165) is 18.7 Å². The van der Waals surface area contributed by atoms with Crippen molar-refractivity contribution in [2.24, 2.45) is 0 Å². The van der Waals surface area contributed by atoms with Crippen molar-refractivity contribution in [3.05, 3.63) is 0 Å². The Morgan fingerprint density at radius 1 is 1.52 bits per heavy atom. The van der Waals surface area contributed by atoms with Gasteiger partial charge < -0.3 is 15.0 Å². The largest absolute Gasteiger partial charge is 0.479 e. The van der Waals surface area contributed by atoms with Crippen LogP contribution in [-0.4, -0.2) is 51.8 Å². The number of thiocarbonyl (C=S) groups is 1. The van der Waals surface area contributed by atoms with Gasteiger partial charge in [-0.1, -0.05) is 11.8 Å². The van der Waals surface area contributed by atoms with Crippen molar-refractivity contribution in [1.29, 1.82) is 0 Å². The third-order valence-corrected chi connectivity index (χ3v) is 4.60. The van der Waals surface area contributed by atoms with Gasteiger partial charge in [-0.2, -0.15) is 13.2 Å². The SMILES string of the molecule is CCOC(=S)SC(CC(NC(C)=O)C(F)(F)F)N1CCCC1=O. The molecule has 0 spiro atoms. The second kappa shape index (κ2) is 8.72. The first-order chi connectivity index (χ1) is 10.6. The summed E-state index contributed by atoms with van der Waals surface area (Å²) < 4.78 is 44.5. The lowest BCUT2D eigenvalue weighted by Crippen LogP contribution is -2.49. The van der Waals surface area contributed by atoms with Crippen molar-refractivity contribution >= 4 is 40.2 Å². The minimum Gasteiger partial charge on any atom is -0.479 e.